The summed E-state index contributed by atoms with van der Waals surface area (Å²) in [7, 11) is 0. The standard InChI is InChI=1S/C23H34N6O7/c1-12(2)19(29-20(32)14(24)10-13-6-4-3-5-7-13)22(34)28-16(11-18(26)31)21(33)27-15(23(35)36)8-9-17(25)30/h3-7,12,14-16,19H,8-11,24H2,1-2H3,(H2,25,30)(H2,26,31)(H,27,33)(H,28,34)(H,29,32)(H,35,36). The fraction of sp³-hybridized carbons (Fsp3) is 0.478. The molecule has 5 amide bonds. The monoisotopic (exact) mass is 506 g/mol. The van der Waals surface area contributed by atoms with Crippen molar-refractivity contribution >= 4 is 35.5 Å². The molecule has 4 atom stereocenters. The number of aliphatic carboxylic acids is 1. The normalized spacial score (nSPS) is 14.1. The maximum Gasteiger partial charge on any atom is 0.326 e. The van der Waals surface area contributed by atoms with Gasteiger partial charge in [-0.25, -0.2) is 4.79 Å². The summed E-state index contributed by atoms with van der Waals surface area (Å²) in [5, 5.41) is 16.4. The first kappa shape index (κ1) is 30.0. The lowest BCUT2D eigenvalue weighted by molar-refractivity contribution is -0.142. The van der Waals surface area contributed by atoms with Crippen molar-refractivity contribution in [3.8, 4) is 0 Å². The molecule has 0 saturated carbocycles. The van der Waals surface area contributed by atoms with Crippen LogP contribution in [0, 0.1) is 5.92 Å². The van der Waals surface area contributed by atoms with Crippen molar-refractivity contribution in [2.24, 2.45) is 23.1 Å². The van der Waals surface area contributed by atoms with Crippen molar-refractivity contribution in [3.63, 3.8) is 0 Å². The number of carbonyl (C=O) groups is 6. The minimum atomic E-state index is -1.53. The van der Waals surface area contributed by atoms with Gasteiger partial charge in [-0.15, -0.1) is 0 Å². The molecule has 1 aromatic rings. The molecule has 1 aromatic carbocycles. The van der Waals surface area contributed by atoms with Gasteiger partial charge in [-0.2, -0.15) is 0 Å². The molecule has 0 heterocycles. The number of carboxylic acids is 1. The summed E-state index contributed by atoms with van der Waals surface area (Å²) >= 11 is 0. The summed E-state index contributed by atoms with van der Waals surface area (Å²) in [4.78, 5) is 72.2. The molecule has 0 aliphatic carbocycles. The Labute approximate surface area is 208 Å². The van der Waals surface area contributed by atoms with Gasteiger partial charge in [-0.3, -0.25) is 24.0 Å². The fourth-order valence-corrected chi connectivity index (χ4v) is 3.24. The largest absolute Gasteiger partial charge is 0.480 e. The highest BCUT2D eigenvalue weighted by atomic mass is 16.4. The molecule has 1 rings (SSSR count). The van der Waals surface area contributed by atoms with Gasteiger partial charge in [-0.1, -0.05) is 44.2 Å². The summed E-state index contributed by atoms with van der Waals surface area (Å²) < 4.78 is 0. The second kappa shape index (κ2) is 14.4. The number of rotatable bonds is 15. The third-order valence-electron chi connectivity index (χ3n) is 5.21. The molecule has 0 fully saturated rings. The van der Waals surface area contributed by atoms with E-state index in [1.165, 1.54) is 0 Å². The van der Waals surface area contributed by atoms with E-state index in [0.29, 0.717) is 0 Å². The van der Waals surface area contributed by atoms with Gasteiger partial charge in [0, 0.05) is 6.42 Å². The molecule has 0 bridgehead atoms. The Kier molecular flexibility index (Phi) is 12.0. The van der Waals surface area contributed by atoms with Gasteiger partial charge >= 0.3 is 5.97 Å². The van der Waals surface area contributed by atoms with Crippen LogP contribution in [0.2, 0.25) is 0 Å². The van der Waals surface area contributed by atoms with Gasteiger partial charge in [0.2, 0.25) is 29.5 Å². The molecule has 0 spiro atoms. The summed E-state index contributed by atoms with van der Waals surface area (Å²) in [5.74, 6) is -5.97. The van der Waals surface area contributed by atoms with Crippen LogP contribution in [0.4, 0.5) is 0 Å². The molecule has 0 aliphatic rings. The molecule has 0 aromatic heterocycles. The smallest absolute Gasteiger partial charge is 0.326 e. The Morgan fingerprint density at radius 2 is 1.42 bits per heavy atom. The molecule has 0 aliphatic heterocycles. The van der Waals surface area contributed by atoms with Crippen molar-refractivity contribution in [3.05, 3.63) is 35.9 Å². The first-order valence-corrected chi connectivity index (χ1v) is 11.3. The molecular weight excluding hydrogens is 472 g/mol. The Hall–Kier alpha value is -4.00. The first-order chi connectivity index (χ1) is 16.8. The van der Waals surface area contributed by atoms with E-state index in [-0.39, 0.29) is 19.3 Å². The Bertz CT molecular complexity index is 954. The summed E-state index contributed by atoms with van der Waals surface area (Å²) in [5.41, 5.74) is 17.0. The molecule has 0 saturated heterocycles. The van der Waals surface area contributed by atoms with Gasteiger partial charge < -0.3 is 38.3 Å². The zero-order valence-corrected chi connectivity index (χ0v) is 20.2. The third-order valence-corrected chi connectivity index (χ3v) is 5.21. The second-order valence-corrected chi connectivity index (χ2v) is 8.66. The number of carbonyl (C=O) groups excluding carboxylic acids is 5. The van der Waals surface area contributed by atoms with Crippen LogP contribution in [0.15, 0.2) is 30.3 Å². The number of primary amides is 2. The molecule has 198 valence electrons. The molecule has 13 nitrogen and oxygen atoms in total. The SMILES string of the molecule is CC(C)C(NC(=O)C(N)Cc1ccccc1)C(=O)NC(CC(N)=O)C(=O)NC(CCC(N)=O)C(=O)O. The van der Waals surface area contributed by atoms with Gasteiger partial charge in [-0.05, 0) is 24.3 Å². The number of nitrogens with two attached hydrogens (primary N) is 3. The van der Waals surface area contributed by atoms with E-state index < -0.39 is 72.0 Å². The third kappa shape index (κ3) is 10.5. The average Bonchev–Trinajstić information content (AvgIpc) is 2.78. The fourth-order valence-electron chi connectivity index (χ4n) is 3.24. The topological polar surface area (TPSA) is 237 Å². The number of hydrogen-bond donors (Lipinski definition) is 7. The number of carboxylic acid groups (broad SMARTS) is 1. The van der Waals surface area contributed by atoms with Crippen LogP contribution < -0.4 is 33.2 Å². The molecule has 4 unspecified atom stereocenters. The summed E-state index contributed by atoms with van der Waals surface area (Å²) in [6.07, 6.45) is -1.01. The van der Waals surface area contributed by atoms with Crippen LogP contribution >= 0.6 is 0 Å². The first-order valence-electron chi connectivity index (χ1n) is 11.3. The van der Waals surface area contributed by atoms with Crippen LogP contribution in [-0.4, -0.2) is 64.8 Å². The van der Waals surface area contributed by atoms with Crippen LogP contribution in [0.25, 0.3) is 0 Å². The Morgan fingerprint density at radius 1 is 0.833 bits per heavy atom. The van der Waals surface area contributed by atoms with E-state index in [2.05, 4.69) is 16.0 Å². The molecule has 13 heteroatoms. The molecule has 10 N–H and O–H groups in total. The van der Waals surface area contributed by atoms with Crippen molar-refractivity contribution in [2.75, 3.05) is 0 Å². The molecule has 36 heavy (non-hydrogen) atoms. The lowest BCUT2D eigenvalue weighted by Gasteiger charge is -2.26. The molecular formula is C23H34N6O7. The molecule has 0 radical (unpaired) electrons. The zero-order valence-electron chi connectivity index (χ0n) is 20.2. The highest BCUT2D eigenvalue weighted by Crippen LogP contribution is 2.07. The highest BCUT2D eigenvalue weighted by molar-refractivity contribution is 5.96. The Balaban J connectivity index is 2.92. The summed E-state index contributed by atoms with van der Waals surface area (Å²) in [6.45, 7) is 3.31. The van der Waals surface area contributed by atoms with Gasteiger partial charge in [0.1, 0.15) is 18.1 Å². The van der Waals surface area contributed by atoms with Crippen molar-refractivity contribution in [2.45, 2.75) is 63.7 Å². The second-order valence-electron chi connectivity index (χ2n) is 8.66. The van der Waals surface area contributed by atoms with Gasteiger partial charge in [0.05, 0.1) is 12.5 Å². The average molecular weight is 507 g/mol. The van der Waals surface area contributed by atoms with Crippen LogP contribution in [0.5, 0.6) is 0 Å². The van der Waals surface area contributed by atoms with E-state index in [0.717, 1.165) is 5.56 Å². The van der Waals surface area contributed by atoms with E-state index >= 15 is 0 Å². The highest BCUT2D eigenvalue weighted by Gasteiger charge is 2.32. The number of hydrogen-bond acceptors (Lipinski definition) is 7. The minimum absolute atomic E-state index is 0.230. The number of benzene rings is 1. The van der Waals surface area contributed by atoms with E-state index in [1.807, 2.05) is 6.07 Å². The van der Waals surface area contributed by atoms with Crippen molar-refractivity contribution < 1.29 is 33.9 Å². The van der Waals surface area contributed by atoms with Gasteiger partial charge in [0.15, 0.2) is 0 Å². The Morgan fingerprint density at radius 3 is 1.92 bits per heavy atom. The lowest BCUT2D eigenvalue weighted by Crippen LogP contribution is -2.59. The predicted octanol–water partition coefficient (Wildman–Crippen LogP) is -2.11. The van der Waals surface area contributed by atoms with E-state index in [4.69, 9.17) is 17.2 Å². The van der Waals surface area contributed by atoms with E-state index in [1.54, 1.807) is 38.1 Å². The quantitative estimate of drug-likeness (QED) is 0.139. The lowest BCUT2D eigenvalue weighted by atomic mass is 10.0. The van der Waals surface area contributed by atoms with Crippen molar-refractivity contribution in [1.82, 2.24) is 16.0 Å². The maximum atomic E-state index is 13.0. The predicted molar refractivity (Wildman–Crippen MR) is 129 cm³/mol. The number of nitrogens with one attached hydrogen (secondary N) is 3. The van der Waals surface area contributed by atoms with E-state index in [9.17, 15) is 33.9 Å². The minimum Gasteiger partial charge on any atom is -0.480 e. The van der Waals surface area contributed by atoms with Crippen LogP contribution in [0.3, 0.4) is 0 Å². The van der Waals surface area contributed by atoms with Crippen molar-refractivity contribution in [1.29, 1.82) is 0 Å². The summed E-state index contributed by atoms with van der Waals surface area (Å²) in [6, 6.07) is 3.95. The maximum absolute atomic E-state index is 13.0. The van der Waals surface area contributed by atoms with Gasteiger partial charge in [0.25, 0.3) is 0 Å². The van der Waals surface area contributed by atoms with Crippen LogP contribution in [-0.2, 0) is 35.2 Å². The number of amides is 5. The van der Waals surface area contributed by atoms with Crippen LogP contribution in [0.1, 0.15) is 38.7 Å². The zero-order chi connectivity index (χ0) is 27.4.